The van der Waals surface area contributed by atoms with E-state index >= 15 is 0 Å². The largest absolute Gasteiger partial charge is 0.354 e. The van der Waals surface area contributed by atoms with Crippen molar-refractivity contribution in [3.8, 4) is 0 Å². The molecule has 0 aliphatic heterocycles. The molecule has 13 heavy (non-hydrogen) atoms. The van der Waals surface area contributed by atoms with Crippen LogP contribution in [0.4, 0.5) is 0 Å². The number of aromatic amines is 1. The highest BCUT2D eigenvalue weighted by molar-refractivity contribution is 9.13. The van der Waals surface area contributed by atoms with Crippen molar-refractivity contribution >= 4 is 72.4 Å². The molecule has 0 saturated carbocycles. The second-order valence-corrected chi connectivity index (χ2v) is 6.02. The first-order chi connectivity index (χ1) is 5.84. The molecular formula is C6H2Br2Cl3NO. The Kier molecular flexibility index (Phi) is 3.74. The van der Waals surface area contributed by atoms with Gasteiger partial charge < -0.3 is 4.98 Å². The van der Waals surface area contributed by atoms with E-state index < -0.39 is 9.58 Å². The minimum Gasteiger partial charge on any atom is -0.354 e. The van der Waals surface area contributed by atoms with E-state index in [0.717, 1.165) is 0 Å². The molecule has 1 rings (SSSR count). The number of carbonyl (C=O) groups excluding carboxylic acids is 1. The molecule has 0 amide bonds. The molecule has 2 nitrogen and oxygen atoms in total. The first-order valence-electron chi connectivity index (χ1n) is 2.98. The van der Waals surface area contributed by atoms with Crippen LogP contribution in [-0.4, -0.2) is 14.6 Å². The number of alkyl halides is 3. The lowest BCUT2D eigenvalue weighted by Gasteiger charge is -2.07. The Morgan fingerprint density at radius 2 is 1.92 bits per heavy atom. The molecule has 0 saturated heterocycles. The van der Waals surface area contributed by atoms with Crippen molar-refractivity contribution in [2.24, 2.45) is 0 Å². The molecule has 1 heterocycles. The van der Waals surface area contributed by atoms with Crippen LogP contribution in [0.25, 0.3) is 0 Å². The van der Waals surface area contributed by atoms with Gasteiger partial charge in [-0.1, -0.05) is 34.8 Å². The third-order valence-corrected chi connectivity index (χ3v) is 3.77. The number of H-pyrrole nitrogens is 1. The highest BCUT2D eigenvalue weighted by Crippen LogP contribution is 2.35. The van der Waals surface area contributed by atoms with Crippen molar-refractivity contribution < 1.29 is 4.79 Å². The maximum Gasteiger partial charge on any atom is 0.253 e. The van der Waals surface area contributed by atoms with Gasteiger partial charge in [0.2, 0.25) is 5.78 Å². The first-order valence-corrected chi connectivity index (χ1v) is 5.70. The number of halogens is 5. The molecule has 0 aromatic carbocycles. The summed E-state index contributed by atoms with van der Waals surface area (Å²) in [7, 11) is 0. The van der Waals surface area contributed by atoms with Crippen molar-refractivity contribution in [3.63, 3.8) is 0 Å². The maximum atomic E-state index is 11.4. The molecule has 0 spiro atoms. The van der Waals surface area contributed by atoms with Gasteiger partial charge >= 0.3 is 0 Å². The summed E-state index contributed by atoms with van der Waals surface area (Å²) in [5, 5.41) is 0. The van der Waals surface area contributed by atoms with Gasteiger partial charge in [0.25, 0.3) is 3.79 Å². The van der Waals surface area contributed by atoms with Crippen LogP contribution in [0.2, 0.25) is 0 Å². The summed E-state index contributed by atoms with van der Waals surface area (Å²) in [6.07, 6.45) is 1.46. The molecule has 0 atom stereocenters. The van der Waals surface area contributed by atoms with Gasteiger partial charge in [-0.25, -0.2) is 0 Å². The van der Waals surface area contributed by atoms with E-state index in [-0.39, 0.29) is 0 Å². The van der Waals surface area contributed by atoms with Crippen molar-refractivity contribution in [1.29, 1.82) is 0 Å². The van der Waals surface area contributed by atoms with E-state index in [1.165, 1.54) is 6.20 Å². The number of nitrogens with one attached hydrogen (secondary N) is 1. The number of Topliss-reactive ketones (excluding diaryl/α,β-unsaturated/α-hetero) is 1. The fraction of sp³-hybridized carbons (Fsp3) is 0.167. The Bertz CT molecular complexity index is 344. The highest BCUT2D eigenvalue weighted by atomic mass is 79.9. The van der Waals surface area contributed by atoms with Gasteiger partial charge in [0.1, 0.15) is 0 Å². The second-order valence-electron chi connectivity index (χ2n) is 2.16. The van der Waals surface area contributed by atoms with E-state index in [9.17, 15) is 4.79 Å². The molecule has 0 radical (unpaired) electrons. The minimum atomic E-state index is -1.93. The van der Waals surface area contributed by atoms with Crippen molar-refractivity contribution in [2.45, 2.75) is 3.79 Å². The summed E-state index contributed by atoms with van der Waals surface area (Å²) in [4.78, 5) is 14.2. The fourth-order valence-corrected chi connectivity index (χ4v) is 1.74. The molecule has 0 aliphatic carbocycles. The van der Waals surface area contributed by atoms with Crippen LogP contribution in [0.15, 0.2) is 15.3 Å². The number of carbonyl (C=O) groups is 1. The first kappa shape index (κ1) is 11.9. The van der Waals surface area contributed by atoms with Gasteiger partial charge in [0.05, 0.1) is 14.6 Å². The van der Waals surface area contributed by atoms with Gasteiger partial charge in [-0.2, -0.15) is 0 Å². The number of rotatable bonds is 1. The lowest BCUT2D eigenvalue weighted by Crippen LogP contribution is -2.18. The molecule has 0 unspecified atom stereocenters. The molecule has 1 aromatic heterocycles. The third kappa shape index (κ3) is 2.63. The minimum absolute atomic E-state index is 0.298. The second kappa shape index (κ2) is 4.11. The van der Waals surface area contributed by atoms with E-state index in [2.05, 4.69) is 36.8 Å². The quantitative estimate of drug-likeness (QED) is 0.586. The molecule has 0 fully saturated rings. The lowest BCUT2D eigenvalue weighted by molar-refractivity contribution is 0.0996. The van der Waals surface area contributed by atoms with Crippen LogP contribution in [0.3, 0.4) is 0 Å². The molecule has 0 aliphatic rings. The van der Waals surface area contributed by atoms with Gasteiger partial charge in [-0.3, -0.25) is 4.79 Å². The Morgan fingerprint density at radius 1 is 1.38 bits per heavy atom. The zero-order chi connectivity index (χ0) is 10.2. The summed E-state index contributed by atoms with van der Waals surface area (Å²) < 4.78 is -0.752. The zero-order valence-electron chi connectivity index (χ0n) is 5.88. The maximum absolute atomic E-state index is 11.4. The van der Waals surface area contributed by atoms with Crippen LogP contribution in [0.5, 0.6) is 0 Å². The van der Waals surface area contributed by atoms with Crippen LogP contribution in [0, 0.1) is 0 Å². The summed E-state index contributed by atoms with van der Waals surface area (Å²) in [6, 6.07) is 0. The Balaban J connectivity index is 3.10. The lowest BCUT2D eigenvalue weighted by atomic mass is 10.2. The van der Waals surface area contributed by atoms with Crippen molar-refractivity contribution in [2.75, 3.05) is 0 Å². The molecule has 1 aromatic rings. The fourth-order valence-electron chi connectivity index (χ4n) is 0.698. The normalized spacial score (nSPS) is 11.8. The molecule has 1 N–H and O–H groups in total. The average molecular weight is 370 g/mol. The van der Waals surface area contributed by atoms with Crippen molar-refractivity contribution in [1.82, 2.24) is 4.98 Å². The third-order valence-electron chi connectivity index (χ3n) is 1.27. The number of ketones is 1. The standard InChI is InChI=1S/C6H2Br2Cl3NO/c7-3-2(1-12-5(3)8)4(13)6(9,10)11/h1,12H. The van der Waals surface area contributed by atoms with Gasteiger partial charge in [0.15, 0.2) is 0 Å². The number of hydrogen-bond donors (Lipinski definition) is 1. The summed E-state index contributed by atoms with van der Waals surface area (Å²) >= 11 is 22.6. The number of hydrogen-bond acceptors (Lipinski definition) is 1. The van der Waals surface area contributed by atoms with Gasteiger partial charge in [0, 0.05) is 6.20 Å². The predicted molar refractivity (Wildman–Crippen MR) is 60.8 cm³/mol. The van der Waals surface area contributed by atoms with Gasteiger partial charge in [-0.15, -0.1) is 0 Å². The molecule has 72 valence electrons. The van der Waals surface area contributed by atoms with Gasteiger partial charge in [-0.05, 0) is 31.9 Å². The summed E-state index contributed by atoms with van der Waals surface area (Å²) in [6.45, 7) is 0. The monoisotopic (exact) mass is 367 g/mol. The van der Waals surface area contributed by atoms with Crippen molar-refractivity contribution in [3.05, 3.63) is 20.8 Å². The highest BCUT2D eigenvalue weighted by Gasteiger charge is 2.33. The zero-order valence-corrected chi connectivity index (χ0v) is 11.3. The molecule has 0 bridgehead atoms. The molecule has 7 heteroatoms. The van der Waals surface area contributed by atoms with E-state index in [1.807, 2.05) is 0 Å². The smallest absolute Gasteiger partial charge is 0.253 e. The summed E-state index contributed by atoms with van der Waals surface area (Å²) in [5.74, 6) is -0.577. The van der Waals surface area contributed by atoms with E-state index in [0.29, 0.717) is 14.6 Å². The average Bonchev–Trinajstić information content (AvgIpc) is 2.30. The van der Waals surface area contributed by atoms with E-state index in [1.54, 1.807) is 0 Å². The van der Waals surface area contributed by atoms with E-state index in [4.69, 9.17) is 34.8 Å². The van der Waals surface area contributed by atoms with Crippen LogP contribution in [0.1, 0.15) is 10.4 Å². The van der Waals surface area contributed by atoms with Crippen LogP contribution in [-0.2, 0) is 0 Å². The summed E-state index contributed by atoms with van der Waals surface area (Å²) in [5.41, 5.74) is 0.298. The Morgan fingerprint density at radius 3 is 2.23 bits per heavy atom. The number of aromatic nitrogens is 1. The predicted octanol–water partition coefficient (Wildman–Crippen LogP) is 4.09. The van der Waals surface area contributed by atoms with Crippen LogP contribution >= 0.6 is 66.7 Å². The topological polar surface area (TPSA) is 32.9 Å². The Labute approximate surface area is 106 Å². The molecular weight excluding hydrogens is 368 g/mol. The Hall–Kier alpha value is 0.780. The van der Waals surface area contributed by atoms with Crippen LogP contribution < -0.4 is 0 Å². The SMILES string of the molecule is O=C(c1c[nH]c(Br)c1Br)C(Cl)(Cl)Cl.